The fourth-order valence-corrected chi connectivity index (χ4v) is 1.60. The van der Waals surface area contributed by atoms with Gasteiger partial charge in [0.2, 0.25) is 0 Å². The first-order valence-electron chi connectivity index (χ1n) is 4.66. The van der Waals surface area contributed by atoms with Crippen LogP contribution >= 0.6 is 12.6 Å². The lowest BCUT2D eigenvalue weighted by atomic mass is 10.0. The Morgan fingerprint density at radius 1 is 1.62 bits per heavy atom. The van der Waals surface area contributed by atoms with Crippen molar-refractivity contribution in [3.05, 3.63) is 12.2 Å². The molecular weight excluding hydrogens is 182 g/mol. The normalized spacial score (nSPS) is 23.0. The molecule has 0 atom stereocenters. The Balaban J connectivity index is 2.51. The quantitative estimate of drug-likeness (QED) is 0.550. The maximum Gasteiger partial charge on any atom is 0.0645 e. The Hall–Kier alpha value is 0.01000. The van der Waals surface area contributed by atoms with Crippen molar-refractivity contribution in [3.8, 4) is 0 Å². The predicted octanol–water partition coefficient (Wildman–Crippen LogP) is 1.58. The number of ether oxygens (including phenoxy) is 1. The predicted molar refractivity (Wildman–Crippen MR) is 59.5 cm³/mol. The Labute approximate surface area is 86.4 Å². The molecule has 0 bridgehead atoms. The van der Waals surface area contributed by atoms with E-state index in [1.807, 2.05) is 0 Å². The summed E-state index contributed by atoms with van der Waals surface area (Å²) < 4.78 is 5.44. The highest BCUT2D eigenvalue weighted by Crippen LogP contribution is 2.19. The maximum absolute atomic E-state index is 5.44. The van der Waals surface area contributed by atoms with Crippen molar-refractivity contribution in [2.75, 3.05) is 32.1 Å². The zero-order valence-corrected chi connectivity index (χ0v) is 9.44. The molecule has 1 rings (SSSR count). The number of nitrogens with zero attached hydrogens (tertiary/aromatic N) is 1. The van der Waals surface area contributed by atoms with Crippen LogP contribution in [-0.4, -0.2) is 42.5 Å². The van der Waals surface area contributed by atoms with Crippen molar-refractivity contribution in [3.63, 3.8) is 0 Å². The summed E-state index contributed by atoms with van der Waals surface area (Å²) in [5, 5.41) is 0. The molecule has 2 nitrogen and oxygen atoms in total. The van der Waals surface area contributed by atoms with Crippen LogP contribution in [0.5, 0.6) is 0 Å². The van der Waals surface area contributed by atoms with Crippen molar-refractivity contribution >= 4 is 12.6 Å². The molecule has 76 valence electrons. The number of rotatable bonds is 3. The van der Waals surface area contributed by atoms with Gasteiger partial charge in [-0.2, -0.15) is 12.6 Å². The zero-order chi connectivity index (χ0) is 9.90. The Bertz CT molecular complexity index is 191. The van der Waals surface area contributed by atoms with Crippen LogP contribution in [0.3, 0.4) is 0 Å². The molecule has 0 radical (unpaired) electrons. The monoisotopic (exact) mass is 201 g/mol. The third-order valence-electron chi connectivity index (χ3n) is 2.45. The molecule has 1 heterocycles. The van der Waals surface area contributed by atoms with Crippen LogP contribution in [0.25, 0.3) is 0 Å². The molecule has 0 aliphatic carbocycles. The van der Waals surface area contributed by atoms with Crippen LogP contribution in [-0.2, 0) is 4.74 Å². The molecule has 0 aromatic rings. The van der Waals surface area contributed by atoms with Gasteiger partial charge in [-0.25, -0.2) is 0 Å². The summed E-state index contributed by atoms with van der Waals surface area (Å²) in [6.45, 7) is 12.0. The number of hydrogen-bond acceptors (Lipinski definition) is 3. The van der Waals surface area contributed by atoms with Gasteiger partial charge in [0.15, 0.2) is 0 Å². The van der Waals surface area contributed by atoms with Gasteiger partial charge in [0.25, 0.3) is 0 Å². The van der Waals surface area contributed by atoms with E-state index in [4.69, 9.17) is 4.74 Å². The van der Waals surface area contributed by atoms with Gasteiger partial charge in [0.1, 0.15) is 0 Å². The van der Waals surface area contributed by atoms with Gasteiger partial charge in [-0.3, -0.25) is 4.90 Å². The van der Waals surface area contributed by atoms with Gasteiger partial charge in [-0.05, 0) is 13.8 Å². The van der Waals surface area contributed by atoms with Crippen LogP contribution in [0.15, 0.2) is 12.2 Å². The molecule has 1 aliphatic heterocycles. The first-order chi connectivity index (χ1) is 6.06. The molecule has 1 saturated heterocycles. The van der Waals surface area contributed by atoms with E-state index in [9.17, 15) is 0 Å². The highest BCUT2D eigenvalue weighted by atomic mass is 32.1. The molecule has 13 heavy (non-hydrogen) atoms. The Morgan fingerprint density at radius 2 is 2.31 bits per heavy atom. The topological polar surface area (TPSA) is 12.5 Å². The van der Waals surface area contributed by atoms with Gasteiger partial charge in [0, 0.05) is 24.4 Å². The summed E-state index contributed by atoms with van der Waals surface area (Å²) in [6, 6.07) is 0. The van der Waals surface area contributed by atoms with E-state index in [2.05, 4.69) is 38.0 Å². The molecule has 0 saturated carbocycles. The van der Waals surface area contributed by atoms with E-state index < -0.39 is 0 Å². The summed E-state index contributed by atoms with van der Waals surface area (Å²) in [7, 11) is 0. The van der Waals surface area contributed by atoms with E-state index in [1.165, 1.54) is 5.57 Å². The van der Waals surface area contributed by atoms with Gasteiger partial charge in [-0.1, -0.05) is 12.2 Å². The van der Waals surface area contributed by atoms with Crippen molar-refractivity contribution in [2.45, 2.75) is 19.4 Å². The molecule has 0 N–H and O–H groups in total. The van der Waals surface area contributed by atoms with Crippen molar-refractivity contribution in [2.24, 2.45) is 0 Å². The lowest BCUT2D eigenvalue weighted by molar-refractivity contribution is -0.0461. The van der Waals surface area contributed by atoms with Gasteiger partial charge < -0.3 is 4.74 Å². The van der Waals surface area contributed by atoms with Crippen LogP contribution in [0.4, 0.5) is 0 Å². The van der Waals surface area contributed by atoms with E-state index in [-0.39, 0.29) is 5.54 Å². The van der Waals surface area contributed by atoms with Crippen molar-refractivity contribution < 1.29 is 4.74 Å². The summed E-state index contributed by atoms with van der Waals surface area (Å²) in [4.78, 5) is 2.41. The molecule has 0 amide bonds. The Kier molecular flexibility index (Phi) is 3.83. The average molecular weight is 201 g/mol. The summed E-state index contributed by atoms with van der Waals surface area (Å²) in [5.41, 5.74) is 1.32. The largest absolute Gasteiger partial charge is 0.378 e. The highest BCUT2D eigenvalue weighted by molar-refractivity contribution is 7.80. The lowest BCUT2D eigenvalue weighted by Crippen LogP contribution is -2.53. The highest BCUT2D eigenvalue weighted by Gasteiger charge is 2.30. The molecule has 0 spiro atoms. The van der Waals surface area contributed by atoms with Gasteiger partial charge in [0.05, 0.1) is 13.2 Å². The summed E-state index contributed by atoms with van der Waals surface area (Å²) in [6.07, 6.45) is 0. The molecule has 0 unspecified atom stereocenters. The molecule has 0 aromatic carbocycles. The van der Waals surface area contributed by atoms with E-state index >= 15 is 0 Å². The van der Waals surface area contributed by atoms with E-state index in [0.29, 0.717) is 0 Å². The molecule has 1 aliphatic rings. The molecule has 0 aromatic heterocycles. The average Bonchev–Trinajstić information content (AvgIpc) is 2.08. The first-order valence-corrected chi connectivity index (χ1v) is 5.30. The smallest absolute Gasteiger partial charge is 0.0645 e. The SMILES string of the molecule is C=C(CS)CN1CCOCC1(C)C. The summed E-state index contributed by atoms with van der Waals surface area (Å²) >= 11 is 4.21. The zero-order valence-electron chi connectivity index (χ0n) is 8.55. The second kappa shape index (κ2) is 4.49. The van der Waals surface area contributed by atoms with Gasteiger partial charge in [-0.15, -0.1) is 0 Å². The fraction of sp³-hybridized carbons (Fsp3) is 0.800. The molecule has 3 heteroatoms. The first kappa shape index (κ1) is 11.1. The number of hydrogen-bond donors (Lipinski definition) is 1. The number of morpholine rings is 1. The Morgan fingerprint density at radius 3 is 2.85 bits per heavy atom. The third-order valence-corrected chi connectivity index (χ3v) is 2.90. The summed E-state index contributed by atoms with van der Waals surface area (Å²) in [5.74, 6) is 0.771. The van der Waals surface area contributed by atoms with Crippen molar-refractivity contribution in [1.82, 2.24) is 4.90 Å². The van der Waals surface area contributed by atoms with Crippen LogP contribution < -0.4 is 0 Å². The van der Waals surface area contributed by atoms with E-state index in [0.717, 1.165) is 32.1 Å². The minimum Gasteiger partial charge on any atom is -0.378 e. The third kappa shape index (κ3) is 3.01. The van der Waals surface area contributed by atoms with Crippen molar-refractivity contribution in [1.29, 1.82) is 0 Å². The minimum absolute atomic E-state index is 0.143. The second-order valence-electron chi connectivity index (χ2n) is 4.19. The van der Waals surface area contributed by atoms with Crippen LogP contribution in [0.1, 0.15) is 13.8 Å². The van der Waals surface area contributed by atoms with Crippen LogP contribution in [0, 0.1) is 0 Å². The van der Waals surface area contributed by atoms with Gasteiger partial charge >= 0.3 is 0 Å². The van der Waals surface area contributed by atoms with Crippen LogP contribution in [0.2, 0.25) is 0 Å². The maximum atomic E-state index is 5.44. The fourth-order valence-electron chi connectivity index (χ4n) is 1.50. The molecular formula is C10H19NOS. The molecule has 1 fully saturated rings. The standard InChI is InChI=1S/C10H19NOS/c1-9(7-13)6-11-4-5-12-8-10(11,2)3/h13H,1,4-8H2,2-3H3. The number of thiol groups is 1. The van der Waals surface area contributed by atoms with E-state index in [1.54, 1.807) is 0 Å². The minimum atomic E-state index is 0.143. The second-order valence-corrected chi connectivity index (χ2v) is 4.51. The lowest BCUT2D eigenvalue weighted by Gasteiger charge is -2.42.